The lowest BCUT2D eigenvalue weighted by molar-refractivity contribution is -0.117. The molecule has 0 aliphatic carbocycles. The topological polar surface area (TPSA) is 55.1 Å². The van der Waals surface area contributed by atoms with Gasteiger partial charge in [0.1, 0.15) is 5.37 Å². The number of carbonyl (C=O) groups excluding carboxylic acids is 1. The molecule has 1 heterocycles. The summed E-state index contributed by atoms with van der Waals surface area (Å²) in [5.41, 5.74) is 4.98. The second-order valence-electron chi connectivity index (χ2n) is 1.61. The summed E-state index contributed by atoms with van der Waals surface area (Å²) in [5, 5.41) is 2.81. The summed E-state index contributed by atoms with van der Waals surface area (Å²) >= 11 is 1.56. The van der Waals surface area contributed by atoms with Crippen LogP contribution in [0.3, 0.4) is 0 Å². The van der Waals surface area contributed by atoms with Gasteiger partial charge in [-0.25, -0.2) is 0 Å². The molecule has 0 aromatic carbocycles. The van der Waals surface area contributed by atoms with Crippen LogP contribution in [0.5, 0.6) is 0 Å². The highest BCUT2D eigenvalue weighted by molar-refractivity contribution is 8.00. The molecule has 0 unspecified atom stereocenters. The highest BCUT2D eigenvalue weighted by atomic mass is 32.2. The lowest BCUT2D eigenvalue weighted by atomic mass is 10.6. The normalized spacial score (nSPS) is 28.2. The van der Waals surface area contributed by atoms with E-state index in [9.17, 15) is 4.79 Å². The third-order valence-corrected chi connectivity index (χ3v) is 2.15. The number of hydrogen-bond acceptors (Lipinski definition) is 3. The van der Waals surface area contributed by atoms with Crippen LogP contribution in [-0.2, 0) is 4.79 Å². The van der Waals surface area contributed by atoms with Crippen molar-refractivity contribution in [2.24, 2.45) is 5.73 Å². The van der Waals surface area contributed by atoms with E-state index in [1.54, 1.807) is 11.8 Å². The van der Waals surface area contributed by atoms with Gasteiger partial charge in [-0.15, -0.1) is 11.8 Å². The Morgan fingerprint density at radius 3 is 2.88 bits per heavy atom. The van der Waals surface area contributed by atoms with E-state index in [0.717, 1.165) is 12.3 Å². The predicted octanol–water partition coefficient (Wildman–Crippen LogP) is -0.866. The minimum atomic E-state index is -0.257. The largest absolute Gasteiger partial charge is 0.368 e. The van der Waals surface area contributed by atoms with Crippen LogP contribution in [0.15, 0.2) is 0 Å². The SMILES string of the molecule is NC(=O)[C@@H]1NCCS1. The van der Waals surface area contributed by atoms with E-state index in [-0.39, 0.29) is 11.3 Å². The van der Waals surface area contributed by atoms with E-state index in [2.05, 4.69) is 5.32 Å². The highest BCUT2D eigenvalue weighted by Crippen LogP contribution is 2.11. The first-order valence-electron chi connectivity index (χ1n) is 2.45. The molecule has 1 fully saturated rings. The molecular formula is C4H8N2OS. The molecule has 0 aromatic rings. The standard InChI is InChI=1S/C4H8N2OS/c5-3(7)4-6-1-2-8-4/h4,6H,1-2H2,(H2,5,7)/t4-/m1/s1. The molecular weight excluding hydrogens is 124 g/mol. The first-order chi connectivity index (χ1) is 3.80. The first-order valence-corrected chi connectivity index (χ1v) is 3.50. The number of amides is 1. The smallest absolute Gasteiger partial charge is 0.244 e. The van der Waals surface area contributed by atoms with Crippen LogP contribution in [0, 0.1) is 0 Å². The van der Waals surface area contributed by atoms with Crippen molar-refractivity contribution < 1.29 is 4.79 Å². The van der Waals surface area contributed by atoms with Crippen molar-refractivity contribution in [1.29, 1.82) is 0 Å². The summed E-state index contributed by atoms with van der Waals surface area (Å²) in [6.07, 6.45) is 0. The fourth-order valence-corrected chi connectivity index (χ4v) is 1.48. The Balaban J connectivity index is 2.35. The van der Waals surface area contributed by atoms with Crippen LogP contribution < -0.4 is 11.1 Å². The molecule has 1 amide bonds. The molecule has 8 heavy (non-hydrogen) atoms. The molecule has 4 heteroatoms. The Morgan fingerprint density at radius 2 is 2.62 bits per heavy atom. The van der Waals surface area contributed by atoms with Crippen molar-refractivity contribution >= 4 is 17.7 Å². The van der Waals surface area contributed by atoms with Gasteiger partial charge in [0, 0.05) is 12.3 Å². The van der Waals surface area contributed by atoms with Crippen LogP contribution in [0.1, 0.15) is 0 Å². The van der Waals surface area contributed by atoms with Gasteiger partial charge in [0.05, 0.1) is 0 Å². The van der Waals surface area contributed by atoms with Crippen LogP contribution in [0.4, 0.5) is 0 Å². The number of nitrogens with two attached hydrogens (primary N) is 1. The lowest BCUT2D eigenvalue weighted by Crippen LogP contribution is -2.34. The number of thioether (sulfide) groups is 1. The molecule has 1 saturated heterocycles. The van der Waals surface area contributed by atoms with Crippen molar-refractivity contribution in [3.8, 4) is 0 Å². The van der Waals surface area contributed by atoms with E-state index in [1.165, 1.54) is 0 Å². The molecule has 1 atom stereocenters. The van der Waals surface area contributed by atoms with Crippen molar-refractivity contribution in [2.45, 2.75) is 5.37 Å². The monoisotopic (exact) mass is 132 g/mol. The maximum Gasteiger partial charge on any atom is 0.244 e. The van der Waals surface area contributed by atoms with Crippen LogP contribution in [0.2, 0.25) is 0 Å². The lowest BCUT2D eigenvalue weighted by Gasteiger charge is -2.00. The Labute approximate surface area is 52.0 Å². The molecule has 1 rings (SSSR count). The quantitative estimate of drug-likeness (QED) is 0.488. The van der Waals surface area contributed by atoms with Crippen LogP contribution >= 0.6 is 11.8 Å². The van der Waals surface area contributed by atoms with E-state index in [4.69, 9.17) is 5.73 Å². The molecule has 1 aliphatic heterocycles. The van der Waals surface area contributed by atoms with Crippen LogP contribution in [0.25, 0.3) is 0 Å². The Bertz CT molecular complexity index is 100. The third kappa shape index (κ3) is 1.14. The van der Waals surface area contributed by atoms with Crippen molar-refractivity contribution in [3.05, 3.63) is 0 Å². The average Bonchev–Trinajstić information content (AvgIpc) is 2.12. The van der Waals surface area contributed by atoms with E-state index in [0.29, 0.717) is 0 Å². The number of carbonyl (C=O) groups is 1. The molecule has 0 spiro atoms. The minimum absolute atomic E-state index is 0.130. The van der Waals surface area contributed by atoms with E-state index >= 15 is 0 Å². The molecule has 1 aliphatic rings. The van der Waals surface area contributed by atoms with Crippen molar-refractivity contribution in [2.75, 3.05) is 12.3 Å². The Kier molecular flexibility index (Phi) is 1.75. The molecule has 0 saturated carbocycles. The molecule has 3 nitrogen and oxygen atoms in total. The fraction of sp³-hybridized carbons (Fsp3) is 0.750. The van der Waals surface area contributed by atoms with Gasteiger partial charge in [-0.3, -0.25) is 10.1 Å². The zero-order valence-corrected chi connectivity index (χ0v) is 5.20. The molecule has 46 valence electrons. The van der Waals surface area contributed by atoms with E-state index in [1.807, 2.05) is 0 Å². The Morgan fingerprint density at radius 1 is 1.88 bits per heavy atom. The zero-order valence-electron chi connectivity index (χ0n) is 4.39. The first kappa shape index (κ1) is 5.91. The maximum atomic E-state index is 10.3. The fourth-order valence-electron chi connectivity index (χ4n) is 0.608. The molecule has 0 aromatic heterocycles. The van der Waals surface area contributed by atoms with Gasteiger partial charge in [-0.05, 0) is 0 Å². The second-order valence-corrected chi connectivity index (χ2v) is 2.82. The summed E-state index contributed by atoms with van der Waals surface area (Å²) in [7, 11) is 0. The van der Waals surface area contributed by atoms with Gasteiger partial charge in [0.2, 0.25) is 5.91 Å². The summed E-state index contributed by atoms with van der Waals surface area (Å²) in [6.45, 7) is 0.901. The number of hydrogen-bond donors (Lipinski definition) is 2. The second kappa shape index (κ2) is 2.37. The van der Waals surface area contributed by atoms with Crippen molar-refractivity contribution in [3.63, 3.8) is 0 Å². The van der Waals surface area contributed by atoms with Gasteiger partial charge in [0.25, 0.3) is 0 Å². The van der Waals surface area contributed by atoms with Crippen LogP contribution in [-0.4, -0.2) is 23.6 Å². The van der Waals surface area contributed by atoms with E-state index < -0.39 is 0 Å². The average molecular weight is 132 g/mol. The summed E-state index contributed by atoms with van der Waals surface area (Å²) in [4.78, 5) is 10.3. The van der Waals surface area contributed by atoms with Gasteiger partial charge in [-0.2, -0.15) is 0 Å². The third-order valence-electron chi connectivity index (χ3n) is 0.975. The minimum Gasteiger partial charge on any atom is -0.368 e. The Hall–Kier alpha value is -0.220. The predicted molar refractivity (Wildman–Crippen MR) is 33.4 cm³/mol. The van der Waals surface area contributed by atoms with Gasteiger partial charge in [-0.1, -0.05) is 0 Å². The molecule has 0 radical (unpaired) electrons. The van der Waals surface area contributed by atoms with Gasteiger partial charge < -0.3 is 5.73 Å². The number of primary amides is 1. The van der Waals surface area contributed by atoms with Gasteiger partial charge >= 0.3 is 0 Å². The number of rotatable bonds is 1. The molecule has 0 bridgehead atoms. The van der Waals surface area contributed by atoms with Gasteiger partial charge in [0.15, 0.2) is 0 Å². The zero-order chi connectivity index (χ0) is 5.98. The summed E-state index contributed by atoms with van der Waals surface area (Å²) in [6, 6.07) is 0. The van der Waals surface area contributed by atoms with Crippen molar-refractivity contribution in [1.82, 2.24) is 5.32 Å². The summed E-state index contributed by atoms with van der Waals surface area (Å²) < 4.78 is 0. The highest BCUT2D eigenvalue weighted by Gasteiger charge is 2.18. The number of nitrogens with one attached hydrogen (secondary N) is 1. The maximum absolute atomic E-state index is 10.3. The molecule has 3 N–H and O–H groups in total. The summed E-state index contributed by atoms with van der Waals surface area (Å²) in [5.74, 6) is 0.737.